The average Bonchev–Trinajstić information content (AvgIpc) is 2.19. The minimum atomic E-state index is -0.433. The van der Waals surface area contributed by atoms with Crippen molar-refractivity contribution in [2.75, 3.05) is 32.8 Å². The van der Waals surface area contributed by atoms with E-state index in [9.17, 15) is 4.79 Å². The molecule has 1 saturated heterocycles. The number of nitrogens with one attached hydrogen (secondary N) is 1. The highest BCUT2D eigenvalue weighted by atomic mass is 35.5. The maximum atomic E-state index is 11.3. The molecule has 18 heavy (non-hydrogen) atoms. The van der Waals surface area contributed by atoms with Gasteiger partial charge in [-0.25, -0.2) is 0 Å². The van der Waals surface area contributed by atoms with Gasteiger partial charge in [-0.15, -0.1) is 24.8 Å². The number of rotatable bonds is 4. The number of nitrogens with two attached hydrogens (primary N) is 1. The molecule has 0 radical (unpaired) electrons. The standard InChI is InChI=1S/C11H23N3O2.2ClH/c1-9(12)10(15)13-4-5-14-6-7-16-8-11(14,2)3;;/h9H,4-8,12H2,1-3H3,(H,13,15);2*1H/t9-;;/m1../s1. The van der Waals surface area contributed by atoms with Gasteiger partial charge in [0.25, 0.3) is 0 Å². The van der Waals surface area contributed by atoms with Gasteiger partial charge in [0.15, 0.2) is 0 Å². The lowest BCUT2D eigenvalue weighted by Gasteiger charge is -2.42. The Kier molecular flexibility index (Phi) is 10.1. The molecule has 110 valence electrons. The molecule has 1 amide bonds. The van der Waals surface area contributed by atoms with E-state index in [2.05, 4.69) is 24.1 Å². The van der Waals surface area contributed by atoms with Crippen LogP contribution >= 0.6 is 24.8 Å². The lowest BCUT2D eigenvalue weighted by atomic mass is 10.0. The summed E-state index contributed by atoms with van der Waals surface area (Å²) in [4.78, 5) is 13.6. The van der Waals surface area contributed by atoms with Crippen LogP contribution in [-0.2, 0) is 9.53 Å². The zero-order valence-corrected chi connectivity index (χ0v) is 12.9. The third kappa shape index (κ3) is 6.20. The van der Waals surface area contributed by atoms with Crippen molar-refractivity contribution in [1.29, 1.82) is 0 Å². The number of carbonyl (C=O) groups excluding carboxylic acids is 1. The number of hydrogen-bond acceptors (Lipinski definition) is 4. The molecular weight excluding hydrogens is 277 g/mol. The molecule has 0 aromatic carbocycles. The van der Waals surface area contributed by atoms with Crippen molar-refractivity contribution < 1.29 is 9.53 Å². The molecule has 1 rings (SSSR count). The van der Waals surface area contributed by atoms with Crippen molar-refractivity contribution >= 4 is 30.7 Å². The molecular formula is C11H25Cl2N3O2. The zero-order valence-electron chi connectivity index (χ0n) is 11.3. The third-order valence-corrected chi connectivity index (χ3v) is 2.91. The molecule has 7 heteroatoms. The Morgan fingerprint density at radius 2 is 2.11 bits per heavy atom. The number of morpholine rings is 1. The van der Waals surface area contributed by atoms with E-state index in [1.165, 1.54) is 0 Å². The predicted molar refractivity (Wildman–Crippen MR) is 77.6 cm³/mol. The zero-order chi connectivity index (χ0) is 12.2. The molecule has 1 heterocycles. The van der Waals surface area contributed by atoms with Gasteiger partial charge in [-0.05, 0) is 20.8 Å². The van der Waals surface area contributed by atoms with E-state index in [-0.39, 0.29) is 36.3 Å². The van der Waals surface area contributed by atoms with E-state index >= 15 is 0 Å². The van der Waals surface area contributed by atoms with E-state index in [0.29, 0.717) is 6.54 Å². The molecule has 0 aliphatic carbocycles. The first-order chi connectivity index (χ1) is 7.43. The second-order valence-corrected chi connectivity index (χ2v) is 4.93. The number of hydrogen-bond donors (Lipinski definition) is 2. The van der Waals surface area contributed by atoms with Crippen molar-refractivity contribution in [3.63, 3.8) is 0 Å². The molecule has 0 spiro atoms. The molecule has 1 aliphatic rings. The summed E-state index contributed by atoms with van der Waals surface area (Å²) in [6, 6.07) is -0.433. The second kappa shape index (κ2) is 8.93. The summed E-state index contributed by atoms with van der Waals surface area (Å²) in [6.07, 6.45) is 0. The Morgan fingerprint density at radius 3 is 2.61 bits per heavy atom. The first-order valence-corrected chi connectivity index (χ1v) is 5.79. The summed E-state index contributed by atoms with van der Waals surface area (Å²) in [5.74, 6) is -0.0916. The van der Waals surface area contributed by atoms with E-state index in [1.54, 1.807) is 6.92 Å². The van der Waals surface area contributed by atoms with Crippen LogP contribution < -0.4 is 11.1 Å². The Bertz CT molecular complexity index is 250. The minimum absolute atomic E-state index is 0. The van der Waals surface area contributed by atoms with Crippen LogP contribution in [0.25, 0.3) is 0 Å². The fourth-order valence-corrected chi connectivity index (χ4v) is 1.78. The van der Waals surface area contributed by atoms with Gasteiger partial charge in [0.1, 0.15) is 0 Å². The summed E-state index contributed by atoms with van der Waals surface area (Å²) in [7, 11) is 0. The van der Waals surface area contributed by atoms with Crippen molar-refractivity contribution in [3.8, 4) is 0 Å². The maximum absolute atomic E-state index is 11.3. The van der Waals surface area contributed by atoms with E-state index in [4.69, 9.17) is 10.5 Å². The predicted octanol–water partition coefficient (Wildman–Crippen LogP) is 0.404. The van der Waals surface area contributed by atoms with E-state index in [1.807, 2.05) is 0 Å². The van der Waals surface area contributed by atoms with Crippen LogP contribution in [0.5, 0.6) is 0 Å². The van der Waals surface area contributed by atoms with Crippen molar-refractivity contribution in [1.82, 2.24) is 10.2 Å². The first-order valence-electron chi connectivity index (χ1n) is 5.79. The largest absolute Gasteiger partial charge is 0.378 e. The van der Waals surface area contributed by atoms with Gasteiger partial charge >= 0.3 is 0 Å². The highest BCUT2D eigenvalue weighted by Gasteiger charge is 2.29. The Labute approximate surface area is 122 Å². The Hall–Kier alpha value is -0.0700. The van der Waals surface area contributed by atoms with Crippen LogP contribution in [0.3, 0.4) is 0 Å². The van der Waals surface area contributed by atoms with E-state index < -0.39 is 6.04 Å². The van der Waals surface area contributed by atoms with Gasteiger partial charge in [-0.3, -0.25) is 9.69 Å². The molecule has 1 fully saturated rings. The summed E-state index contributed by atoms with van der Waals surface area (Å²) in [5, 5.41) is 2.82. The highest BCUT2D eigenvalue weighted by molar-refractivity contribution is 5.85. The lowest BCUT2D eigenvalue weighted by Crippen LogP contribution is -2.55. The van der Waals surface area contributed by atoms with Crippen LogP contribution in [0.1, 0.15) is 20.8 Å². The number of nitrogens with zero attached hydrogens (tertiary/aromatic N) is 1. The molecule has 0 aromatic heterocycles. The van der Waals surface area contributed by atoms with E-state index in [0.717, 1.165) is 26.3 Å². The summed E-state index contributed by atoms with van der Waals surface area (Å²) < 4.78 is 5.43. The molecule has 3 N–H and O–H groups in total. The van der Waals surface area contributed by atoms with Gasteiger partial charge in [-0.2, -0.15) is 0 Å². The summed E-state index contributed by atoms with van der Waals surface area (Å²) in [5.41, 5.74) is 5.52. The molecule has 0 aromatic rings. The van der Waals surface area contributed by atoms with Crippen LogP contribution in [0.4, 0.5) is 0 Å². The first kappa shape index (κ1) is 20.3. The average molecular weight is 302 g/mol. The molecule has 1 atom stereocenters. The van der Waals surface area contributed by atoms with Crippen LogP contribution in [0, 0.1) is 0 Å². The van der Waals surface area contributed by atoms with Crippen molar-refractivity contribution in [2.45, 2.75) is 32.4 Å². The highest BCUT2D eigenvalue weighted by Crippen LogP contribution is 2.17. The number of amides is 1. The monoisotopic (exact) mass is 301 g/mol. The maximum Gasteiger partial charge on any atom is 0.236 e. The lowest BCUT2D eigenvalue weighted by molar-refractivity contribution is -0.122. The normalized spacial score (nSPS) is 20.2. The SMILES string of the molecule is C[C@@H](N)C(=O)NCCN1CCOCC1(C)C.Cl.Cl. The molecule has 5 nitrogen and oxygen atoms in total. The van der Waals surface area contributed by atoms with Crippen LogP contribution in [0.2, 0.25) is 0 Å². The fourth-order valence-electron chi connectivity index (χ4n) is 1.78. The van der Waals surface area contributed by atoms with Crippen LogP contribution in [-0.4, -0.2) is 55.2 Å². The molecule has 0 saturated carbocycles. The van der Waals surface area contributed by atoms with Gasteiger partial charge in [0, 0.05) is 25.2 Å². The summed E-state index contributed by atoms with van der Waals surface area (Å²) in [6.45, 7) is 9.91. The third-order valence-electron chi connectivity index (χ3n) is 2.91. The van der Waals surface area contributed by atoms with Crippen molar-refractivity contribution in [3.05, 3.63) is 0 Å². The summed E-state index contributed by atoms with van der Waals surface area (Å²) >= 11 is 0. The smallest absolute Gasteiger partial charge is 0.236 e. The second-order valence-electron chi connectivity index (χ2n) is 4.93. The fraction of sp³-hybridized carbons (Fsp3) is 0.909. The Morgan fingerprint density at radius 1 is 1.50 bits per heavy atom. The van der Waals surface area contributed by atoms with Gasteiger partial charge < -0.3 is 15.8 Å². The number of ether oxygens (including phenoxy) is 1. The van der Waals surface area contributed by atoms with Gasteiger partial charge in [0.2, 0.25) is 5.91 Å². The Balaban J connectivity index is 0. The van der Waals surface area contributed by atoms with Crippen LogP contribution in [0.15, 0.2) is 0 Å². The van der Waals surface area contributed by atoms with Crippen molar-refractivity contribution in [2.24, 2.45) is 5.73 Å². The van der Waals surface area contributed by atoms with Gasteiger partial charge in [-0.1, -0.05) is 0 Å². The minimum Gasteiger partial charge on any atom is -0.378 e. The van der Waals surface area contributed by atoms with Gasteiger partial charge in [0.05, 0.1) is 19.3 Å². The topological polar surface area (TPSA) is 67.6 Å². The quantitative estimate of drug-likeness (QED) is 0.789. The molecule has 0 bridgehead atoms. The number of carbonyl (C=O) groups is 1. The molecule has 0 unspecified atom stereocenters. The number of halogens is 2. The molecule has 1 aliphatic heterocycles.